The molecular formula is C40H24N4. The molecule has 0 fully saturated rings. The van der Waals surface area contributed by atoms with Crippen LogP contribution in [0.1, 0.15) is 0 Å². The maximum absolute atomic E-state index is 5.30. The predicted octanol–water partition coefficient (Wildman–Crippen LogP) is 10.0. The Bertz CT molecular complexity index is 2570. The van der Waals surface area contributed by atoms with Crippen molar-refractivity contribution in [3.05, 3.63) is 146 Å². The summed E-state index contributed by atoms with van der Waals surface area (Å²) >= 11 is 0. The molecule has 204 valence electrons. The molecule has 9 aromatic rings. The summed E-state index contributed by atoms with van der Waals surface area (Å²) in [5.74, 6) is 0. The maximum atomic E-state index is 5.30. The van der Waals surface area contributed by atoms with Crippen molar-refractivity contribution in [2.45, 2.75) is 0 Å². The molecule has 44 heavy (non-hydrogen) atoms. The highest BCUT2D eigenvalue weighted by Gasteiger charge is 2.17. The number of pyridine rings is 4. The SMILES string of the molecule is c1ccc2cc(-c3cc(-c4cc5ccccc5cn4)c4ccc5c(-c6cc7ccccc7cn6)ccnc5c4n3)ccc2c1. The summed E-state index contributed by atoms with van der Waals surface area (Å²) in [6.45, 7) is 0. The van der Waals surface area contributed by atoms with Gasteiger partial charge >= 0.3 is 0 Å². The van der Waals surface area contributed by atoms with Crippen LogP contribution in [0.15, 0.2) is 146 Å². The van der Waals surface area contributed by atoms with Crippen LogP contribution in [0.3, 0.4) is 0 Å². The zero-order chi connectivity index (χ0) is 29.0. The Morgan fingerprint density at radius 1 is 0.364 bits per heavy atom. The molecular weight excluding hydrogens is 536 g/mol. The van der Waals surface area contributed by atoms with Crippen LogP contribution in [0, 0.1) is 0 Å². The van der Waals surface area contributed by atoms with E-state index in [0.717, 1.165) is 77.1 Å². The van der Waals surface area contributed by atoms with Gasteiger partial charge in [-0.15, -0.1) is 0 Å². The van der Waals surface area contributed by atoms with Crippen molar-refractivity contribution in [3.63, 3.8) is 0 Å². The van der Waals surface area contributed by atoms with E-state index in [1.165, 1.54) is 10.8 Å². The molecule has 0 aliphatic heterocycles. The van der Waals surface area contributed by atoms with Crippen molar-refractivity contribution < 1.29 is 0 Å². The first-order valence-electron chi connectivity index (χ1n) is 14.7. The molecule has 0 spiro atoms. The average Bonchev–Trinajstić information content (AvgIpc) is 3.10. The van der Waals surface area contributed by atoms with Crippen molar-refractivity contribution in [2.24, 2.45) is 0 Å². The molecule has 0 unspecified atom stereocenters. The van der Waals surface area contributed by atoms with Gasteiger partial charge in [-0.3, -0.25) is 15.0 Å². The van der Waals surface area contributed by atoms with E-state index < -0.39 is 0 Å². The van der Waals surface area contributed by atoms with Crippen molar-refractivity contribution in [2.75, 3.05) is 0 Å². The summed E-state index contributed by atoms with van der Waals surface area (Å²) in [6, 6.07) is 44.4. The van der Waals surface area contributed by atoms with Crippen molar-refractivity contribution in [3.8, 4) is 33.8 Å². The van der Waals surface area contributed by atoms with Crippen LogP contribution >= 0.6 is 0 Å². The van der Waals surface area contributed by atoms with E-state index >= 15 is 0 Å². The first kappa shape index (κ1) is 24.6. The Labute approximate surface area is 253 Å². The summed E-state index contributed by atoms with van der Waals surface area (Å²) in [4.78, 5) is 20.0. The minimum Gasteiger partial charge on any atom is -0.256 e. The van der Waals surface area contributed by atoms with Crippen LogP contribution in [0.25, 0.3) is 87.9 Å². The van der Waals surface area contributed by atoms with Gasteiger partial charge in [-0.2, -0.15) is 0 Å². The fourth-order valence-corrected chi connectivity index (χ4v) is 6.30. The third kappa shape index (κ3) is 4.00. The largest absolute Gasteiger partial charge is 0.256 e. The molecule has 0 atom stereocenters. The maximum Gasteiger partial charge on any atom is 0.0979 e. The van der Waals surface area contributed by atoms with E-state index in [1.54, 1.807) is 0 Å². The second-order valence-electron chi connectivity index (χ2n) is 11.2. The fourth-order valence-electron chi connectivity index (χ4n) is 6.30. The number of hydrogen-bond donors (Lipinski definition) is 0. The zero-order valence-corrected chi connectivity index (χ0v) is 23.6. The van der Waals surface area contributed by atoms with E-state index in [4.69, 9.17) is 19.9 Å². The monoisotopic (exact) mass is 560 g/mol. The van der Waals surface area contributed by atoms with Crippen LogP contribution in [-0.2, 0) is 0 Å². The summed E-state index contributed by atoms with van der Waals surface area (Å²) in [5, 5.41) is 8.96. The van der Waals surface area contributed by atoms with E-state index in [9.17, 15) is 0 Å². The highest BCUT2D eigenvalue weighted by Crippen LogP contribution is 2.38. The Balaban J connectivity index is 1.33. The van der Waals surface area contributed by atoms with Gasteiger partial charge in [0.05, 0.1) is 28.1 Å². The minimum absolute atomic E-state index is 0.847. The summed E-state index contributed by atoms with van der Waals surface area (Å²) < 4.78 is 0. The molecule has 0 radical (unpaired) electrons. The van der Waals surface area contributed by atoms with Gasteiger partial charge in [-0.1, -0.05) is 97.1 Å². The van der Waals surface area contributed by atoms with E-state index in [1.807, 2.05) is 36.8 Å². The lowest BCUT2D eigenvalue weighted by atomic mass is 9.96. The van der Waals surface area contributed by atoms with Crippen LogP contribution in [-0.4, -0.2) is 19.9 Å². The van der Waals surface area contributed by atoms with Gasteiger partial charge < -0.3 is 0 Å². The second kappa shape index (κ2) is 9.79. The number of benzene rings is 5. The summed E-state index contributed by atoms with van der Waals surface area (Å²) in [6.07, 6.45) is 5.76. The predicted molar refractivity (Wildman–Crippen MR) is 181 cm³/mol. The second-order valence-corrected chi connectivity index (χ2v) is 11.2. The molecule has 0 saturated heterocycles. The molecule has 0 aliphatic carbocycles. The smallest absolute Gasteiger partial charge is 0.0979 e. The molecule has 0 N–H and O–H groups in total. The highest BCUT2D eigenvalue weighted by molar-refractivity contribution is 6.12. The van der Waals surface area contributed by atoms with Crippen LogP contribution in [0.5, 0.6) is 0 Å². The minimum atomic E-state index is 0.847. The van der Waals surface area contributed by atoms with E-state index in [2.05, 4.69) is 109 Å². The molecule has 4 nitrogen and oxygen atoms in total. The highest BCUT2D eigenvalue weighted by atomic mass is 14.8. The number of rotatable bonds is 3. The van der Waals surface area contributed by atoms with Crippen molar-refractivity contribution >= 4 is 54.1 Å². The molecule has 5 aromatic carbocycles. The van der Waals surface area contributed by atoms with E-state index in [0.29, 0.717) is 0 Å². The van der Waals surface area contributed by atoms with Gasteiger partial charge in [-0.25, -0.2) is 4.98 Å². The molecule has 0 aliphatic rings. The van der Waals surface area contributed by atoms with Crippen LogP contribution < -0.4 is 0 Å². The Kier molecular flexibility index (Phi) is 5.47. The van der Waals surface area contributed by atoms with Crippen LogP contribution in [0.2, 0.25) is 0 Å². The normalized spacial score (nSPS) is 11.6. The van der Waals surface area contributed by atoms with Gasteiger partial charge in [0.2, 0.25) is 0 Å². The molecule has 0 saturated carbocycles. The van der Waals surface area contributed by atoms with Gasteiger partial charge in [0.25, 0.3) is 0 Å². The van der Waals surface area contributed by atoms with E-state index in [-0.39, 0.29) is 0 Å². The Hall–Kier alpha value is -6.00. The number of nitrogens with zero attached hydrogens (tertiary/aromatic N) is 4. The topological polar surface area (TPSA) is 51.6 Å². The van der Waals surface area contributed by atoms with Crippen molar-refractivity contribution in [1.29, 1.82) is 0 Å². The Morgan fingerprint density at radius 3 is 1.61 bits per heavy atom. The quantitative estimate of drug-likeness (QED) is 0.202. The number of fused-ring (bicyclic) bond motifs is 6. The van der Waals surface area contributed by atoms with Gasteiger partial charge in [0.1, 0.15) is 0 Å². The van der Waals surface area contributed by atoms with Gasteiger partial charge in [0, 0.05) is 56.8 Å². The third-order valence-corrected chi connectivity index (χ3v) is 8.55. The third-order valence-electron chi connectivity index (χ3n) is 8.55. The summed E-state index contributed by atoms with van der Waals surface area (Å²) in [7, 11) is 0. The number of aromatic nitrogens is 4. The molecule has 4 aromatic heterocycles. The van der Waals surface area contributed by atoms with Gasteiger partial charge in [-0.05, 0) is 51.9 Å². The molecule has 9 rings (SSSR count). The fraction of sp³-hybridized carbons (Fsp3) is 0. The number of hydrogen-bond acceptors (Lipinski definition) is 4. The first-order valence-corrected chi connectivity index (χ1v) is 14.7. The molecule has 4 heterocycles. The van der Waals surface area contributed by atoms with Crippen LogP contribution in [0.4, 0.5) is 0 Å². The van der Waals surface area contributed by atoms with Gasteiger partial charge in [0.15, 0.2) is 0 Å². The molecule has 0 bridgehead atoms. The Morgan fingerprint density at radius 2 is 0.932 bits per heavy atom. The first-order chi connectivity index (χ1) is 21.8. The molecule has 0 amide bonds. The summed E-state index contributed by atoms with van der Waals surface area (Å²) in [5.41, 5.74) is 7.52. The lowest BCUT2D eigenvalue weighted by Gasteiger charge is -2.14. The van der Waals surface area contributed by atoms with Crippen molar-refractivity contribution in [1.82, 2.24) is 19.9 Å². The molecule has 4 heteroatoms. The lowest BCUT2D eigenvalue weighted by Crippen LogP contribution is -1.95. The average molecular weight is 561 g/mol. The standard InChI is InChI=1S/C40H24N4/c1-2-8-26-19-29(14-13-25(26)7-1)36-22-35(38-21-28-10-4-6-12-31(28)24-43-38)34-16-15-33-32(17-18-41-39(33)40(34)44-36)37-20-27-9-3-5-11-30(27)23-42-37/h1-24H. The zero-order valence-electron chi connectivity index (χ0n) is 23.6. The lowest BCUT2D eigenvalue weighted by molar-refractivity contribution is 1.33.